The number of esters is 1. The van der Waals surface area contributed by atoms with Crippen molar-refractivity contribution in [1.82, 2.24) is 0 Å². The zero-order chi connectivity index (χ0) is 11.5. The molecule has 1 aliphatic heterocycles. The summed E-state index contributed by atoms with van der Waals surface area (Å²) in [6, 6.07) is 7.30. The molecular formula is C12H12O4. The normalized spacial score (nSPS) is 19.7. The minimum Gasteiger partial charge on any atom is -0.497 e. The molecule has 0 N–H and O–H groups in total. The molecule has 0 saturated carbocycles. The van der Waals surface area contributed by atoms with E-state index in [2.05, 4.69) is 4.74 Å². The van der Waals surface area contributed by atoms with Gasteiger partial charge in [0.2, 0.25) is 0 Å². The maximum absolute atomic E-state index is 11.3. The number of hydrogen-bond donors (Lipinski definition) is 0. The van der Waals surface area contributed by atoms with Gasteiger partial charge in [-0.1, -0.05) is 12.1 Å². The predicted octanol–water partition coefficient (Wildman–Crippen LogP) is 0.980. The van der Waals surface area contributed by atoms with E-state index in [9.17, 15) is 9.59 Å². The number of hydrogen-bond acceptors (Lipinski definition) is 4. The molecule has 1 saturated heterocycles. The van der Waals surface area contributed by atoms with Crippen LogP contribution in [0.3, 0.4) is 0 Å². The molecule has 4 nitrogen and oxygen atoms in total. The van der Waals surface area contributed by atoms with Crippen molar-refractivity contribution in [2.24, 2.45) is 5.92 Å². The Labute approximate surface area is 93.2 Å². The van der Waals surface area contributed by atoms with Gasteiger partial charge in [-0.2, -0.15) is 0 Å². The highest BCUT2D eigenvalue weighted by Crippen LogP contribution is 2.19. The van der Waals surface area contributed by atoms with Gasteiger partial charge in [0, 0.05) is 0 Å². The molecule has 1 unspecified atom stereocenters. The van der Waals surface area contributed by atoms with E-state index in [1.807, 2.05) is 12.1 Å². The number of benzene rings is 1. The van der Waals surface area contributed by atoms with Gasteiger partial charge in [0.1, 0.15) is 11.7 Å². The van der Waals surface area contributed by atoms with E-state index in [0.717, 1.165) is 11.3 Å². The van der Waals surface area contributed by atoms with Crippen molar-refractivity contribution in [2.45, 2.75) is 6.42 Å². The third kappa shape index (κ3) is 2.05. The average Bonchev–Trinajstić information content (AvgIpc) is 2.62. The van der Waals surface area contributed by atoms with Crippen LogP contribution in [0.4, 0.5) is 0 Å². The molecule has 0 aliphatic carbocycles. The quantitative estimate of drug-likeness (QED) is 0.563. The highest BCUT2D eigenvalue weighted by atomic mass is 16.5. The number of ether oxygens (including phenoxy) is 2. The minimum absolute atomic E-state index is 0.0837. The molecule has 0 aromatic heterocycles. The first-order valence-corrected chi connectivity index (χ1v) is 5.03. The second-order valence-corrected chi connectivity index (χ2v) is 3.68. The van der Waals surface area contributed by atoms with E-state index < -0.39 is 11.9 Å². The van der Waals surface area contributed by atoms with Gasteiger partial charge in [0.25, 0.3) is 0 Å². The van der Waals surface area contributed by atoms with E-state index in [1.54, 1.807) is 19.2 Å². The summed E-state index contributed by atoms with van der Waals surface area (Å²) in [6.45, 7) is -0.0837. The Morgan fingerprint density at radius 3 is 2.50 bits per heavy atom. The standard InChI is InChI=1S/C12H12O4/c1-15-9-4-2-8(3-5-9)6-10-11(13)7-16-12(10)14/h2-5,10H,6-7H2,1H3. The fourth-order valence-corrected chi connectivity index (χ4v) is 1.67. The van der Waals surface area contributed by atoms with Crippen molar-refractivity contribution < 1.29 is 19.1 Å². The van der Waals surface area contributed by atoms with Crippen LogP contribution in [0.2, 0.25) is 0 Å². The molecular weight excluding hydrogens is 208 g/mol. The van der Waals surface area contributed by atoms with Crippen molar-refractivity contribution in [3.8, 4) is 5.75 Å². The summed E-state index contributed by atoms with van der Waals surface area (Å²) in [5.41, 5.74) is 0.929. The molecule has 2 rings (SSSR count). The first-order chi connectivity index (χ1) is 7.70. The molecule has 1 fully saturated rings. The van der Waals surface area contributed by atoms with Gasteiger partial charge < -0.3 is 9.47 Å². The summed E-state index contributed by atoms with van der Waals surface area (Å²) in [7, 11) is 1.59. The van der Waals surface area contributed by atoms with Crippen LogP contribution in [-0.4, -0.2) is 25.5 Å². The van der Waals surface area contributed by atoms with Crippen LogP contribution in [0.5, 0.6) is 5.75 Å². The molecule has 16 heavy (non-hydrogen) atoms. The van der Waals surface area contributed by atoms with Crippen LogP contribution >= 0.6 is 0 Å². The van der Waals surface area contributed by atoms with E-state index in [1.165, 1.54) is 0 Å². The summed E-state index contributed by atoms with van der Waals surface area (Å²) in [6.07, 6.45) is 0.404. The van der Waals surface area contributed by atoms with E-state index in [-0.39, 0.29) is 12.4 Å². The van der Waals surface area contributed by atoms with Gasteiger partial charge in [-0.05, 0) is 24.1 Å². The first-order valence-electron chi connectivity index (χ1n) is 5.03. The lowest BCUT2D eigenvalue weighted by Gasteiger charge is -2.05. The molecule has 0 spiro atoms. The molecule has 1 heterocycles. The van der Waals surface area contributed by atoms with Crippen molar-refractivity contribution >= 4 is 11.8 Å². The Kier molecular flexibility index (Phi) is 2.90. The van der Waals surface area contributed by atoms with Crippen molar-refractivity contribution in [1.29, 1.82) is 0 Å². The van der Waals surface area contributed by atoms with Crippen molar-refractivity contribution in [3.05, 3.63) is 29.8 Å². The third-order valence-corrected chi connectivity index (χ3v) is 2.63. The number of Topliss-reactive ketones (excluding diaryl/α,β-unsaturated/α-hetero) is 1. The Bertz CT molecular complexity index is 392. The van der Waals surface area contributed by atoms with Crippen LogP contribution in [0, 0.1) is 5.92 Å². The number of ketones is 1. The molecule has 0 bridgehead atoms. The number of rotatable bonds is 3. The molecule has 1 aromatic rings. The minimum atomic E-state index is -0.631. The van der Waals surface area contributed by atoms with Crippen LogP contribution in [-0.2, 0) is 20.7 Å². The molecule has 0 radical (unpaired) electrons. The lowest BCUT2D eigenvalue weighted by molar-refractivity contribution is -0.141. The molecule has 1 aliphatic rings. The van der Waals surface area contributed by atoms with Gasteiger partial charge >= 0.3 is 5.97 Å². The molecule has 1 atom stereocenters. The van der Waals surface area contributed by atoms with Crippen molar-refractivity contribution in [2.75, 3.05) is 13.7 Å². The van der Waals surface area contributed by atoms with Gasteiger partial charge in [-0.3, -0.25) is 9.59 Å². The maximum Gasteiger partial charge on any atom is 0.317 e. The van der Waals surface area contributed by atoms with Gasteiger partial charge in [0.15, 0.2) is 12.4 Å². The maximum atomic E-state index is 11.3. The van der Waals surface area contributed by atoms with E-state index in [4.69, 9.17) is 4.74 Å². The predicted molar refractivity (Wildman–Crippen MR) is 56.2 cm³/mol. The van der Waals surface area contributed by atoms with Crippen LogP contribution in [0.1, 0.15) is 5.56 Å². The summed E-state index contributed by atoms with van der Waals surface area (Å²) in [5.74, 6) is -0.431. The van der Waals surface area contributed by atoms with Gasteiger partial charge in [0.05, 0.1) is 7.11 Å². The largest absolute Gasteiger partial charge is 0.497 e. The fraction of sp³-hybridized carbons (Fsp3) is 0.333. The molecule has 0 amide bonds. The lowest BCUT2D eigenvalue weighted by atomic mass is 9.97. The van der Waals surface area contributed by atoms with Crippen LogP contribution in [0.25, 0.3) is 0 Å². The van der Waals surface area contributed by atoms with Crippen LogP contribution < -0.4 is 4.74 Å². The summed E-state index contributed by atoms with van der Waals surface area (Å²) >= 11 is 0. The highest BCUT2D eigenvalue weighted by Gasteiger charge is 2.34. The fourth-order valence-electron chi connectivity index (χ4n) is 1.67. The number of carbonyl (C=O) groups excluding carboxylic acids is 2. The van der Waals surface area contributed by atoms with Gasteiger partial charge in [-0.15, -0.1) is 0 Å². The summed E-state index contributed by atoms with van der Waals surface area (Å²) in [5, 5.41) is 0. The number of methoxy groups -OCH3 is 1. The third-order valence-electron chi connectivity index (χ3n) is 2.63. The zero-order valence-electron chi connectivity index (χ0n) is 8.93. The van der Waals surface area contributed by atoms with E-state index in [0.29, 0.717) is 6.42 Å². The number of carbonyl (C=O) groups is 2. The summed E-state index contributed by atoms with van der Waals surface area (Å²) < 4.78 is 9.70. The van der Waals surface area contributed by atoms with Crippen molar-refractivity contribution in [3.63, 3.8) is 0 Å². The number of cyclic esters (lactones) is 1. The Morgan fingerprint density at radius 2 is 2.00 bits per heavy atom. The lowest BCUT2D eigenvalue weighted by Crippen LogP contribution is -2.18. The Balaban J connectivity index is 2.08. The smallest absolute Gasteiger partial charge is 0.317 e. The molecule has 4 heteroatoms. The van der Waals surface area contributed by atoms with Crippen LogP contribution in [0.15, 0.2) is 24.3 Å². The van der Waals surface area contributed by atoms with Gasteiger partial charge in [-0.25, -0.2) is 0 Å². The Morgan fingerprint density at radius 1 is 1.31 bits per heavy atom. The topological polar surface area (TPSA) is 52.6 Å². The van der Waals surface area contributed by atoms with E-state index >= 15 is 0 Å². The second-order valence-electron chi connectivity index (χ2n) is 3.68. The first kappa shape index (κ1) is 10.7. The summed E-state index contributed by atoms with van der Waals surface area (Å²) in [4.78, 5) is 22.6. The zero-order valence-corrected chi connectivity index (χ0v) is 8.93. The SMILES string of the molecule is COc1ccc(CC2C(=O)COC2=O)cc1. The second kappa shape index (κ2) is 4.35. The highest BCUT2D eigenvalue weighted by molar-refractivity contribution is 6.04. The monoisotopic (exact) mass is 220 g/mol. The average molecular weight is 220 g/mol. The Hall–Kier alpha value is -1.84. The molecule has 84 valence electrons. The molecule has 1 aromatic carbocycles.